The normalized spacial score (nSPS) is 17.0. The Bertz CT molecular complexity index is 1040. The second kappa shape index (κ2) is 10.5. The van der Waals surface area contributed by atoms with Crippen LogP contribution >= 0.6 is 0 Å². The summed E-state index contributed by atoms with van der Waals surface area (Å²) >= 11 is 0. The van der Waals surface area contributed by atoms with Crippen molar-refractivity contribution in [2.75, 3.05) is 13.1 Å². The zero-order valence-electron chi connectivity index (χ0n) is 18.0. The summed E-state index contributed by atoms with van der Waals surface area (Å²) in [6.07, 6.45) is -2.23. The Balaban J connectivity index is 1.65. The summed E-state index contributed by atoms with van der Waals surface area (Å²) in [5.74, 6) is -3.08. The molecule has 1 fully saturated rings. The van der Waals surface area contributed by atoms with Gasteiger partial charge < -0.3 is 15.4 Å². The number of nitrogens with zero attached hydrogens (tertiary/aromatic N) is 1. The average molecular weight is 459 g/mol. The molecule has 2 N–H and O–H groups in total. The van der Waals surface area contributed by atoms with Gasteiger partial charge in [-0.15, -0.1) is 0 Å². The lowest BCUT2D eigenvalue weighted by Crippen LogP contribution is -2.47. The summed E-state index contributed by atoms with van der Waals surface area (Å²) in [4.78, 5) is 23.3. The number of rotatable bonds is 6. The molecule has 2 aromatic rings. The summed E-state index contributed by atoms with van der Waals surface area (Å²) in [5, 5.41) is 15.6. The topological polar surface area (TPSA) is 91.2 Å². The molecule has 2 atom stereocenters. The molecule has 1 heterocycles. The van der Waals surface area contributed by atoms with E-state index in [4.69, 9.17) is 0 Å². The van der Waals surface area contributed by atoms with E-state index >= 15 is 0 Å². The molecule has 0 aliphatic carbocycles. The van der Waals surface area contributed by atoms with E-state index in [0.717, 1.165) is 42.5 Å². The number of hydrogen-bond acceptors (Lipinski definition) is 5. The Morgan fingerprint density at radius 3 is 2.52 bits per heavy atom. The van der Waals surface area contributed by atoms with Gasteiger partial charge in [0.05, 0.1) is 18.0 Å². The van der Waals surface area contributed by atoms with E-state index in [-0.39, 0.29) is 24.2 Å². The molecule has 0 radical (unpaired) electrons. The highest BCUT2D eigenvalue weighted by Gasteiger charge is 2.41. The van der Waals surface area contributed by atoms with Gasteiger partial charge >= 0.3 is 12.1 Å². The van der Waals surface area contributed by atoms with Crippen LogP contribution in [0.15, 0.2) is 42.5 Å². The Hall–Kier alpha value is -3.38. The molecule has 3 rings (SSSR count). The van der Waals surface area contributed by atoms with Gasteiger partial charge in [-0.2, -0.15) is 18.4 Å². The van der Waals surface area contributed by atoms with Gasteiger partial charge in [0.1, 0.15) is 5.75 Å². The van der Waals surface area contributed by atoms with Gasteiger partial charge in [-0.1, -0.05) is 36.8 Å². The molecule has 9 heteroatoms. The number of nitriles is 1. The van der Waals surface area contributed by atoms with Crippen LogP contribution in [0.5, 0.6) is 5.75 Å². The molecule has 0 bridgehead atoms. The van der Waals surface area contributed by atoms with Crippen molar-refractivity contribution in [2.45, 2.75) is 44.3 Å². The van der Waals surface area contributed by atoms with Crippen LogP contribution in [0.2, 0.25) is 0 Å². The monoisotopic (exact) mass is 459 g/mol. The van der Waals surface area contributed by atoms with Gasteiger partial charge in [0.15, 0.2) is 0 Å². The van der Waals surface area contributed by atoms with Gasteiger partial charge in [-0.25, -0.2) is 4.79 Å². The minimum absolute atomic E-state index is 0.103. The van der Waals surface area contributed by atoms with Gasteiger partial charge in [-0.05, 0) is 60.7 Å². The van der Waals surface area contributed by atoms with E-state index in [1.54, 1.807) is 37.3 Å². The van der Waals surface area contributed by atoms with E-state index in [9.17, 15) is 28.0 Å². The number of halogens is 3. The number of aryl methyl sites for hydroxylation is 1. The standard InChI is InChI=1S/C24H24F3N3O3/c1-15-12-19(33-23(32)24(25,26)27)9-10-20(15)17-7-5-16(6-8-17)18(13-28)14-30-22(31)21-4-2-3-11-29-21/h5-10,12,18,21,29H,2-4,11,14H2,1H3,(H,30,31)/t18-,21-/m0/s1. The van der Waals surface area contributed by atoms with Gasteiger partial charge in [0.2, 0.25) is 5.91 Å². The Labute approximate surface area is 189 Å². The molecule has 2 aromatic carbocycles. The third kappa shape index (κ3) is 6.33. The fourth-order valence-electron chi connectivity index (χ4n) is 3.72. The predicted molar refractivity (Wildman–Crippen MR) is 115 cm³/mol. The molecule has 0 unspecified atom stereocenters. The molecule has 0 spiro atoms. The van der Waals surface area contributed by atoms with Crippen LogP contribution in [0.3, 0.4) is 0 Å². The molecule has 174 valence electrons. The van der Waals surface area contributed by atoms with Crippen molar-refractivity contribution in [3.05, 3.63) is 53.6 Å². The average Bonchev–Trinajstić information content (AvgIpc) is 2.80. The molecule has 33 heavy (non-hydrogen) atoms. The zero-order chi connectivity index (χ0) is 24.0. The van der Waals surface area contributed by atoms with Crippen LogP contribution in [-0.4, -0.2) is 37.2 Å². The van der Waals surface area contributed by atoms with Crippen LogP contribution in [0.25, 0.3) is 11.1 Å². The molecule has 1 aliphatic heterocycles. The fraction of sp³-hybridized carbons (Fsp3) is 0.375. The van der Waals surface area contributed by atoms with Crippen LogP contribution in [-0.2, 0) is 9.59 Å². The molecular weight excluding hydrogens is 435 g/mol. The predicted octanol–water partition coefficient (Wildman–Crippen LogP) is 4.00. The minimum atomic E-state index is -5.06. The van der Waals surface area contributed by atoms with E-state index in [1.807, 2.05) is 0 Å². The van der Waals surface area contributed by atoms with Crippen molar-refractivity contribution < 1.29 is 27.5 Å². The first-order valence-electron chi connectivity index (χ1n) is 10.6. The van der Waals surface area contributed by atoms with E-state index in [1.165, 1.54) is 12.1 Å². The van der Waals surface area contributed by atoms with E-state index < -0.39 is 18.1 Å². The largest absolute Gasteiger partial charge is 0.491 e. The number of carbonyl (C=O) groups excluding carboxylic acids is 2. The first-order chi connectivity index (χ1) is 15.7. The second-order valence-electron chi connectivity index (χ2n) is 7.92. The number of esters is 1. The smallest absolute Gasteiger partial charge is 0.420 e. The second-order valence-corrected chi connectivity index (χ2v) is 7.92. The zero-order valence-corrected chi connectivity index (χ0v) is 18.0. The quantitative estimate of drug-likeness (QED) is 0.504. The number of alkyl halides is 3. The number of carbonyl (C=O) groups is 2. The summed E-state index contributed by atoms with van der Waals surface area (Å²) in [7, 11) is 0. The molecule has 0 aromatic heterocycles. The van der Waals surface area contributed by atoms with Crippen molar-refractivity contribution in [1.29, 1.82) is 5.26 Å². The summed E-state index contributed by atoms with van der Waals surface area (Å²) in [6.45, 7) is 2.71. The van der Waals surface area contributed by atoms with Crippen molar-refractivity contribution in [3.8, 4) is 22.9 Å². The number of piperidine rings is 1. The van der Waals surface area contributed by atoms with Crippen molar-refractivity contribution in [1.82, 2.24) is 10.6 Å². The van der Waals surface area contributed by atoms with Crippen LogP contribution in [0, 0.1) is 18.3 Å². The highest BCUT2D eigenvalue weighted by Crippen LogP contribution is 2.29. The van der Waals surface area contributed by atoms with Crippen LogP contribution in [0.1, 0.15) is 36.3 Å². The Kier molecular flexibility index (Phi) is 7.71. The van der Waals surface area contributed by atoms with Crippen LogP contribution in [0.4, 0.5) is 13.2 Å². The minimum Gasteiger partial charge on any atom is -0.420 e. The van der Waals surface area contributed by atoms with Crippen molar-refractivity contribution in [3.63, 3.8) is 0 Å². The highest BCUT2D eigenvalue weighted by atomic mass is 19.4. The lowest BCUT2D eigenvalue weighted by molar-refractivity contribution is -0.189. The third-order valence-corrected chi connectivity index (χ3v) is 5.53. The molecule has 1 amide bonds. The van der Waals surface area contributed by atoms with Gasteiger partial charge in [0.25, 0.3) is 0 Å². The van der Waals surface area contributed by atoms with E-state index in [2.05, 4.69) is 21.4 Å². The van der Waals surface area contributed by atoms with E-state index in [0.29, 0.717) is 5.56 Å². The lowest BCUT2D eigenvalue weighted by Gasteiger charge is -2.23. The lowest BCUT2D eigenvalue weighted by atomic mass is 9.95. The van der Waals surface area contributed by atoms with Crippen LogP contribution < -0.4 is 15.4 Å². The first kappa shape index (κ1) is 24.3. The maximum Gasteiger partial charge on any atom is 0.491 e. The number of nitrogens with one attached hydrogen (secondary N) is 2. The number of hydrogen-bond donors (Lipinski definition) is 2. The Morgan fingerprint density at radius 1 is 1.21 bits per heavy atom. The SMILES string of the molecule is Cc1cc(OC(=O)C(F)(F)F)ccc1-c1ccc([C@@H](C#N)CNC(=O)[C@@H]2CCCCN2)cc1. The molecule has 6 nitrogen and oxygen atoms in total. The summed E-state index contributed by atoms with van der Waals surface area (Å²) in [6, 6.07) is 13.4. The highest BCUT2D eigenvalue weighted by molar-refractivity contribution is 5.82. The van der Waals surface area contributed by atoms with Crippen molar-refractivity contribution >= 4 is 11.9 Å². The van der Waals surface area contributed by atoms with Gasteiger partial charge in [0, 0.05) is 6.54 Å². The third-order valence-electron chi connectivity index (χ3n) is 5.53. The molecule has 1 aliphatic rings. The summed E-state index contributed by atoms with van der Waals surface area (Å²) in [5.41, 5.74) is 2.90. The maximum absolute atomic E-state index is 12.4. The summed E-state index contributed by atoms with van der Waals surface area (Å²) < 4.78 is 41.5. The fourth-order valence-corrected chi connectivity index (χ4v) is 3.72. The molecule has 0 saturated carbocycles. The number of ether oxygens (including phenoxy) is 1. The maximum atomic E-state index is 12.4. The molecular formula is C24H24F3N3O3. The van der Waals surface area contributed by atoms with Crippen molar-refractivity contribution in [2.24, 2.45) is 0 Å². The van der Waals surface area contributed by atoms with Gasteiger partial charge in [-0.3, -0.25) is 4.79 Å². The number of benzene rings is 2. The number of amides is 1. The first-order valence-corrected chi connectivity index (χ1v) is 10.6. The Morgan fingerprint density at radius 2 is 1.94 bits per heavy atom. The molecule has 1 saturated heterocycles.